The maximum atomic E-state index is 10.7. The molecule has 4 heteroatoms. The van der Waals surface area contributed by atoms with Gasteiger partial charge in [0, 0.05) is 11.6 Å². The Kier molecular flexibility index (Phi) is 2.07. The average molecular weight is 198 g/mol. The third-order valence-electron chi connectivity index (χ3n) is 2.20. The van der Waals surface area contributed by atoms with Crippen LogP contribution in [0.15, 0.2) is 36.4 Å². The Balaban J connectivity index is 2.80. The van der Waals surface area contributed by atoms with Crippen LogP contribution in [0.2, 0.25) is 0 Å². The molecular formula is C11H6N2O2. The summed E-state index contributed by atoms with van der Waals surface area (Å²) in [5, 5.41) is 19.6. The minimum absolute atomic E-state index is 0.0160. The standard InChI is InChI=1S/C11H6N2O2/c12-7-8-6-11(13(14)15)10-5-3-1-2-4-9(8)10/h1-6H. The first kappa shape index (κ1) is 9.16. The van der Waals surface area contributed by atoms with Crippen LogP contribution in [0.3, 0.4) is 0 Å². The van der Waals surface area contributed by atoms with E-state index >= 15 is 0 Å². The quantitative estimate of drug-likeness (QED) is 0.522. The molecule has 0 aromatic rings. The zero-order valence-electron chi connectivity index (χ0n) is 7.68. The fourth-order valence-corrected chi connectivity index (χ4v) is 1.54. The Morgan fingerprint density at radius 2 is 1.87 bits per heavy atom. The van der Waals surface area contributed by atoms with Crippen molar-refractivity contribution in [3.63, 3.8) is 0 Å². The van der Waals surface area contributed by atoms with Crippen molar-refractivity contribution in [1.82, 2.24) is 0 Å². The number of nitro groups is 1. The van der Waals surface area contributed by atoms with Crippen LogP contribution in [0.4, 0.5) is 5.69 Å². The second-order valence-electron chi connectivity index (χ2n) is 3.05. The third kappa shape index (κ3) is 1.40. The summed E-state index contributed by atoms with van der Waals surface area (Å²) in [7, 11) is 0. The van der Waals surface area contributed by atoms with Crippen LogP contribution in [-0.2, 0) is 0 Å². The van der Waals surface area contributed by atoms with Gasteiger partial charge < -0.3 is 0 Å². The van der Waals surface area contributed by atoms with Gasteiger partial charge in [0.15, 0.2) is 0 Å². The van der Waals surface area contributed by atoms with E-state index in [1.807, 2.05) is 6.07 Å². The number of rotatable bonds is 1. The Morgan fingerprint density at radius 1 is 1.20 bits per heavy atom. The van der Waals surface area contributed by atoms with Crippen molar-refractivity contribution in [3.05, 3.63) is 52.1 Å². The molecule has 2 rings (SSSR count). The van der Waals surface area contributed by atoms with Crippen molar-refractivity contribution in [2.45, 2.75) is 0 Å². The molecule has 4 nitrogen and oxygen atoms in total. The van der Waals surface area contributed by atoms with Crippen LogP contribution in [-0.4, -0.2) is 4.92 Å². The normalized spacial score (nSPS) is 9.80. The zero-order valence-corrected chi connectivity index (χ0v) is 7.68. The largest absolute Gasteiger partial charge is 0.278 e. The summed E-state index contributed by atoms with van der Waals surface area (Å²) in [6, 6.07) is 11.9. The molecule has 72 valence electrons. The van der Waals surface area contributed by atoms with Crippen molar-refractivity contribution in [3.8, 4) is 17.2 Å². The summed E-state index contributed by atoms with van der Waals surface area (Å²) >= 11 is 0. The molecule has 0 heterocycles. The van der Waals surface area contributed by atoms with Crippen molar-refractivity contribution in [1.29, 1.82) is 5.26 Å². The molecule has 0 radical (unpaired) electrons. The Morgan fingerprint density at radius 3 is 2.47 bits per heavy atom. The lowest BCUT2D eigenvalue weighted by molar-refractivity contribution is -0.383. The molecule has 0 bridgehead atoms. The minimum atomic E-state index is -0.469. The van der Waals surface area contributed by atoms with Gasteiger partial charge in [-0.15, -0.1) is 0 Å². The molecule has 0 atom stereocenters. The number of hydrogen-bond acceptors (Lipinski definition) is 3. The molecular weight excluding hydrogens is 192 g/mol. The van der Waals surface area contributed by atoms with Gasteiger partial charge in [-0.2, -0.15) is 5.26 Å². The monoisotopic (exact) mass is 198 g/mol. The number of nitriles is 1. The summed E-state index contributed by atoms with van der Waals surface area (Å²) < 4.78 is 0. The first-order valence-electron chi connectivity index (χ1n) is 4.30. The Labute approximate surface area is 85.9 Å². The van der Waals surface area contributed by atoms with Crippen molar-refractivity contribution >= 4 is 5.69 Å². The average Bonchev–Trinajstić information content (AvgIpc) is 2.41. The van der Waals surface area contributed by atoms with Gasteiger partial charge >= 0.3 is 0 Å². The van der Waals surface area contributed by atoms with Crippen molar-refractivity contribution in [2.24, 2.45) is 0 Å². The molecule has 0 aromatic heterocycles. The molecule has 0 amide bonds. The van der Waals surface area contributed by atoms with Crippen LogP contribution >= 0.6 is 0 Å². The highest BCUT2D eigenvalue weighted by Crippen LogP contribution is 2.36. The van der Waals surface area contributed by atoms with Gasteiger partial charge in [0.2, 0.25) is 0 Å². The van der Waals surface area contributed by atoms with E-state index in [1.54, 1.807) is 30.3 Å². The van der Waals surface area contributed by atoms with E-state index < -0.39 is 4.92 Å². The topological polar surface area (TPSA) is 66.9 Å². The predicted octanol–water partition coefficient (Wildman–Crippen LogP) is 2.57. The molecule has 0 unspecified atom stereocenters. The Bertz CT molecular complexity index is 543. The molecule has 0 spiro atoms. The van der Waals surface area contributed by atoms with E-state index in [-0.39, 0.29) is 5.69 Å². The third-order valence-corrected chi connectivity index (χ3v) is 2.20. The van der Waals surface area contributed by atoms with E-state index in [2.05, 4.69) is 0 Å². The summed E-state index contributed by atoms with van der Waals surface area (Å²) in [4.78, 5) is 10.3. The Hall–Kier alpha value is -2.41. The van der Waals surface area contributed by atoms with Crippen molar-refractivity contribution < 1.29 is 4.92 Å². The minimum Gasteiger partial charge on any atom is -0.258 e. The van der Waals surface area contributed by atoms with Gasteiger partial charge in [-0.05, 0) is 6.07 Å². The van der Waals surface area contributed by atoms with Crippen LogP contribution in [0.5, 0.6) is 0 Å². The molecule has 0 aliphatic heterocycles. The highest BCUT2D eigenvalue weighted by atomic mass is 16.6. The second kappa shape index (κ2) is 3.39. The van der Waals surface area contributed by atoms with Crippen LogP contribution < -0.4 is 0 Å². The first-order valence-corrected chi connectivity index (χ1v) is 4.30. The lowest BCUT2D eigenvalue weighted by atomic mass is 10.1. The highest BCUT2D eigenvalue weighted by molar-refractivity contribution is 5.82. The summed E-state index contributed by atoms with van der Waals surface area (Å²) in [5.41, 5.74) is 1.45. The number of hydrogen-bond donors (Lipinski definition) is 0. The van der Waals surface area contributed by atoms with Crippen LogP contribution in [0.25, 0.3) is 11.1 Å². The first-order chi connectivity index (χ1) is 7.24. The number of nitrogens with zero attached hydrogens (tertiary/aromatic N) is 2. The molecule has 2 aliphatic carbocycles. The molecule has 0 N–H and O–H groups in total. The van der Waals surface area contributed by atoms with Crippen LogP contribution in [0.1, 0.15) is 5.56 Å². The molecule has 0 fully saturated rings. The van der Waals surface area contributed by atoms with E-state index in [4.69, 9.17) is 5.26 Å². The highest BCUT2D eigenvalue weighted by Gasteiger charge is 2.22. The van der Waals surface area contributed by atoms with E-state index in [9.17, 15) is 10.1 Å². The van der Waals surface area contributed by atoms with Gasteiger partial charge in [0.05, 0.1) is 16.1 Å². The van der Waals surface area contributed by atoms with Gasteiger partial charge in [-0.25, -0.2) is 0 Å². The fraction of sp³-hybridized carbons (Fsp3) is 0. The lowest BCUT2D eigenvalue weighted by Gasteiger charge is -1.91. The molecule has 15 heavy (non-hydrogen) atoms. The van der Waals surface area contributed by atoms with Gasteiger partial charge in [-0.3, -0.25) is 10.1 Å². The SMILES string of the molecule is N#Cc1cc([N+](=O)[O-])c2cccccc1-2. The maximum absolute atomic E-state index is 10.7. The summed E-state index contributed by atoms with van der Waals surface area (Å²) in [5.74, 6) is 0. The second-order valence-corrected chi connectivity index (χ2v) is 3.05. The van der Waals surface area contributed by atoms with E-state index in [1.165, 1.54) is 6.07 Å². The zero-order chi connectivity index (χ0) is 10.8. The lowest BCUT2D eigenvalue weighted by Crippen LogP contribution is -1.85. The number of fused-ring (bicyclic) bond motifs is 1. The molecule has 0 aromatic carbocycles. The van der Waals surface area contributed by atoms with Gasteiger partial charge in [0.1, 0.15) is 6.07 Å². The maximum Gasteiger partial charge on any atom is 0.278 e. The summed E-state index contributed by atoms with van der Waals surface area (Å²) in [6.45, 7) is 0. The van der Waals surface area contributed by atoms with Crippen LogP contribution in [0, 0.1) is 21.4 Å². The van der Waals surface area contributed by atoms with Gasteiger partial charge in [0.25, 0.3) is 5.69 Å². The molecule has 0 saturated carbocycles. The summed E-state index contributed by atoms with van der Waals surface area (Å²) in [6.07, 6.45) is 0. The smallest absolute Gasteiger partial charge is 0.258 e. The molecule has 2 aliphatic rings. The van der Waals surface area contributed by atoms with Gasteiger partial charge in [-0.1, -0.05) is 24.3 Å². The van der Waals surface area contributed by atoms with E-state index in [0.717, 1.165) is 0 Å². The molecule has 0 saturated heterocycles. The fourth-order valence-electron chi connectivity index (χ4n) is 1.54. The van der Waals surface area contributed by atoms with E-state index in [0.29, 0.717) is 16.7 Å². The van der Waals surface area contributed by atoms with Crippen molar-refractivity contribution in [2.75, 3.05) is 0 Å². The predicted molar refractivity (Wildman–Crippen MR) is 54.4 cm³/mol.